The summed E-state index contributed by atoms with van der Waals surface area (Å²) in [5.41, 5.74) is 0.402. The summed E-state index contributed by atoms with van der Waals surface area (Å²) in [6.07, 6.45) is -5.15. The summed E-state index contributed by atoms with van der Waals surface area (Å²) >= 11 is 5.78. The van der Waals surface area contributed by atoms with Crippen molar-refractivity contribution >= 4 is 17.4 Å². The van der Waals surface area contributed by atoms with Crippen LogP contribution in [0.4, 0.5) is 13.2 Å². The molecule has 1 aromatic carbocycles. The number of rotatable bonds is 5. The second-order valence-electron chi connectivity index (χ2n) is 4.40. The van der Waals surface area contributed by atoms with Gasteiger partial charge in [-0.05, 0) is 26.1 Å². The van der Waals surface area contributed by atoms with Crippen molar-refractivity contribution in [2.75, 3.05) is 13.6 Å². The van der Waals surface area contributed by atoms with Gasteiger partial charge in [-0.1, -0.05) is 23.7 Å². The standard InChI is InChI=1S/C13H15ClF3NO/c1-9(18(2)7-6-13(15,16)17)12(19)10-4-3-5-11(14)8-10/h3-5,8-9H,6-7H2,1-2H3. The molecule has 0 aliphatic carbocycles. The second kappa shape index (κ2) is 6.39. The molecule has 1 rings (SSSR count). The molecule has 1 atom stereocenters. The number of alkyl halides is 3. The monoisotopic (exact) mass is 293 g/mol. The third-order valence-electron chi connectivity index (χ3n) is 2.90. The second-order valence-corrected chi connectivity index (χ2v) is 4.83. The van der Waals surface area contributed by atoms with Crippen molar-refractivity contribution in [1.29, 1.82) is 0 Å². The molecule has 0 saturated heterocycles. The number of ketones is 1. The molecular formula is C13H15ClF3NO. The fourth-order valence-electron chi connectivity index (χ4n) is 1.58. The molecule has 0 radical (unpaired) electrons. The number of nitrogens with zero attached hydrogens (tertiary/aromatic N) is 1. The van der Waals surface area contributed by atoms with Gasteiger partial charge in [0.15, 0.2) is 5.78 Å². The molecule has 0 heterocycles. The number of likely N-dealkylation sites (N-methyl/N-ethyl adjacent to an activating group) is 1. The number of carbonyl (C=O) groups excluding carboxylic acids is 1. The summed E-state index contributed by atoms with van der Waals surface area (Å²) < 4.78 is 36.4. The SMILES string of the molecule is CC(C(=O)c1cccc(Cl)c1)N(C)CCC(F)(F)F. The molecule has 106 valence electrons. The van der Waals surface area contributed by atoms with Crippen LogP contribution in [0, 0.1) is 0 Å². The third kappa shape index (κ3) is 5.20. The predicted molar refractivity (Wildman–Crippen MR) is 68.5 cm³/mol. The van der Waals surface area contributed by atoms with Crippen LogP contribution in [0.5, 0.6) is 0 Å². The minimum atomic E-state index is -4.22. The van der Waals surface area contributed by atoms with Gasteiger partial charge in [0, 0.05) is 17.1 Å². The maximum atomic E-state index is 12.1. The van der Waals surface area contributed by atoms with Crippen LogP contribution in [0.2, 0.25) is 5.02 Å². The van der Waals surface area contributed by atoms with Gasteiger partial charge >= 0.3 is 6.18 Å². The largest absolute Gasteiger partial charge is 0.390 e. The van der Waals surface area contributed by atoms with E-state index in [0.29, 0.717) is 10.6 Å². The first kappa shape index (κ1) is 16.0. The molecule has 0 bridgehead atoms. The zero-order valence-corrected chi connectivity index (χ0v) is 11.4. The number of hydrogen-bond donors (Lipinski definition) is 0. The summed E-state index contributed by atoms with van der Waals surface area (Å²) in [6.45, 7) is 1.37. The third-order valence-corrected chi connectivity index (χ3v) is 3.13. The molecule has 0 saturated carbocycles. The van der Waals surface area contributed by atoms with E-state index in [9.17, 15) is 18.0 Å². The van der Waals surface area contributed by atoms with Gasteiger partial charge in [0.25, 0.3) is 0 Å². The predicted octanol–water partition coefficient (Wildman–Crippen LogP) is 3.80. The number of halogens is 4. The van der Waals surface area contributed by atoms with Crippen LogP contribution < -0.4 is 0 Å². The highest BCUT2D eigenvalue weighted by Gasteiger charge is 2.29. The Balaban J connectivity index is 2.66. The van der Waals surface area contributed by atoms with Gasteiger partial charge in [0.2, 0.25) is 0 Å². The molecule has 1 aromatic rings. The zero-order valence-electron chi connectivity index (χ0n) is 10.7. The average Bonchev–Trinajstić information content (AvgIpc) is 2.33. The number of benzene rings is 1. The Kier molecular flexibility index (Phi) is 5.38. The minimum Gasteiger partial charge on any atom is -0.296 e. The highest BCUT2D eigenvalue weighted by Crippen LogP contribution is 2.20. The highest BCUT2D eigenvalue weighted by atomic mass is 35.5. The summed E-state index contributed by atoms with van der Waals surface area (Å²) in [5.74, 6) is -0.243. The summed E-state index contributed by atoms with van der Waals surface area (Å²) in [4.78, 5) is 13.5. The molecule has 1 unspecified atom stereocenters. The fourth-order valence-corrected chi connectivity index (χ4v) is 1.77. The van der Waals surface area contributed by atoms with Crippen molar-refractivity contribution < 1.29 is 18.0 Å². The Bertz CT molecular complexity index is 448. The van der Waals surface area contributed by atoms with Crippen LogP contribution in [0.15, 0.2) is 24.3 Å². The quantitative estimate of drug-likeness (QED) is 0.770. The number of hydrogen-bond acceptors (Lipinski definition) is 2. The topological polar surface area (TPSA) is 20.3 Å². The highest BCUT2D eigenvalue weighted by molar-refractivity contribution is 6.31. The molecule has 0 amide bonds. The normalized spacial score (nSPS) is 13.6. The lowest BCUT2D eigenvalue weighted by molar-refractivity contribution is -0.137. The van der Waals surface area contributed by atoms with Gasteiger partial charge in [0.05, 0.1) is 12.5 Å². The average molecular weight is 294 g/mol. The lowest BCUT2D eigenvalue weighted by Gasteiger charge is -2.24. The van der Waals surface area contributed by atoms with Crippen LogP contribution in [0.3, 0.4) is 0 Å². The van der Waals surface area contributed by atoms with Crippen LogP contribution in [-0.4, -0.2) is 36.5 Å². The van der Waals surface area contributed by atoms with E-state index in [-0.39, 0.29) is 12.3 Å². The van der Waals surface area contributed by atoms with Gasteiger partial charge in [-0.25, -0.2) is 0 Å². The lowest BCUT2D eigenvalue weighted by atomic mass is 10.0. The van der Waals surface area contributed by atoms with E-state index in [0.717, 1.165) is 0 Å². The Morgan fingerprint density at radius 2 is 2.05 bits per heavy atom. The van der Waals surface area contributed by atoms with E-state index >= 15 is 0 Å². The van der Waals surface area contributed by atoms with Gasteiger partial charge in [-0.2, -0.15) is 13.2 Å². The van der Waals surface area contributed by atoms with Crippen molar-refractivity contribution in [3.05, 3.63) is 34.9 Å². The molecule has 0 aromatic heterocycles. The first-order chi connectivity index (χ1) is 8.70. The first-order valence-corrected chi connectivity index (χ1v) is 6.15. The Labute approximate surface area is 115 Å². The maximum absolute atomic E-state index is 12.1. The van der Waals surface area contributed by atoms with E-state index < -0.39 is 18.6 Å². The van der Waals surface area contributed by atoms with E-state index in [4.69, 9.17) is 11.6 Å². The van der Waals surface area contributed by atoms with Crippen LogP contribution in [0.1, 0.15) is 23.7 Å². The van der Waals surface area contributed by atoms with Crippen molar-refractivity contribution in [3.8, 4) is 0 Å². The molecule has 0 fully saturated rings. The minimum absolute atomic E-state index is 0.211. The number of carbonyl (C=O) groups is 1. The molecule has 0 spiro atoms. The van der Waals surface area contributed by atoms with Crippen molar-refractivity contribution in [2.45, 2.75) is 25.6 Å². The van der Waals surface area contributed by atoms with Crippen LogP contribution in [0.25, 0.3) is 0 Å². The van der Waals surface area contributed by atoms with Crippen LogP contribution in [-0.2, 0) is 0 Å². The van der Waals surface area contributed by atoms with E-state index in [1.807, 2.05) is 0 Å². The first-order valence-electron chi connectivity index (χ1n) is 5.77. The molecule has 19 heavy (non-hydrogen) atoms. The summed E-state index contributed by atoms with van der Waals surface area (Å²) in [5, 5.41) is 0.427. The molecule has 6 heteroatoms. The van der Waals surface area contributed by atoms with E-state index in [1.54, 1.807) is 25.1 Å². The molecule has 2 nitrogen and oxygen atoms in total. The van der Waals surface area contributed by atoms with Crippen LogP contribution >= 0.6 is 11.6 Å². The molecule has 0 aliphatic heterocycles. The van der Waals surface area contributed by atoms with Crippen molar-refractivity contribution in [1.82, 2.24) is 4.90 Å². The van der Waals surface area contributed by atoms with Gasteiger partial charge < -0.3 is 0 Å². The molecular weight excluding hydrogens is 279 g/mol. The summed E-state index contributed by atoms with van der Waals surface area (Å²) in [6, 6.07) is 5.76. The van der Waals surface area contributed by atoms with E-state index in [1.165, 1.54) is 18.0 Å². The number of Topliss-reactive ketones (excluding diaryl/α,β-unsaturated/α-hetero) is 1. The zero-order chi connectivity index (χ0) is 14.6. The van der Waals surface area contributed by atoms with Gasteiger partial charge in [-0.3, -0.25) is 9.69 Å². The van der Waals surface area contributed by atoms with E-state index in [2.05, 4.69) is 0 Å². The Hall–Kier alpha value is -1.07. The van der Waals surface area contributed by atoms with Gasteiger partial charge in [0.1, 0.15) is 0 Å². The summed E-state index contributed by atoms with van der Waals surface area (Å²) in [7, 11) is 1.50. The molecule has 0 N–H and O–H groups in total. The fraction of sp³-hybridized carbons (Fsp3) is 0.462. The maximum Gasteiger partial charge on any atom is 0.390 e. The smallest absolute Gasteiger partial charge is 0.296 e. The molecule has 0 aliphatic rings. The van der Waals surface area contributed by atoms with Crippen molar-refractivity contribution in [2.24, 2.45) is 0 Å². The van der Waals surface area contributed by atoms with Gasteiger partial charge in [-0.15, -0.1) is 0 Å². The van der Waals surface area contributed by atoms with Crippen molar-refractivity contribution in [3.63, 3.8) is 0 Å². The Morgan fingerprint density at radius 1 is 1.42 bits per heavy atom. The Morgan fingerprint density at radius 3 is 2.58 bits per heavy atom. The lowest BCUT2D eigenvalue weighted by Crippen LogP contribution is -2.38.